The molecule has 6 nitrogen and oxygen atoms in total. The van der Waals surface area contributed by atoms with Crippen LogP contribution in [0.2, 0.25) is 0 Å². The summed E-state index contributed by atoms with van der Waals surface area (Å²) in [4.78, 5) is 25.6. The molecule has 0 radical (unpaired) electrons. The number of carboxylic acid groups (broad SMARTS) is 1. The van der Waals surface area contributed by atoms with Crippen molar-refractivity contribution in [2.24, 2.45) is 0 Å². The second kappa shape index (κ2) is 8.08. The predicted molar refractivity (Wildman–Crippen MR) is 84.3 cm³/mol. The Morgan fingerprint density at radius 2 is 1.83 bits per heavy atom. The number of carbonyl (C=O) groups excluding carboxylic acids is 1. The van der Waals surface area contributed by atoms with Crippen LogP contribution in [0.3, 0.4) is 0 Å². The smallest absolute Gasteiger partial charge is 0.314 e. The van der Waals surface area contributed by atoms with Crippen LogP contribution in [0.1, 0.15) is 18.4 Å². The Labute approximate surface area is 136 Å². The van der Waals surface area contributed by atoms with Crippen molar-refractivity contribution in [3.8, 4) is 0 Å². The van der Waals surface area contributed by atoms with E-state index in [0.717, 1.165) is 5.56 Å². The Hall–Kier alpha value is -1.92. The SMILES string of the molecule is COCCOCC(=O)N1CCC(C(=O)O)(c2ccccc2)CC1. The highest BCUT2D eigenvalue weighted by Gasteiger charge is 2.43. The van der Waals surface area contributed by atoms with Gasteiger partial charge in [-0.05, 0) is 18.4 Å². The van der Waals surface area contributed by atoms with Crippen LogP contribution in [0.5, 0.6) is 0 Å². The van der Waals surface area contributed by atoms with E-state index < -0.39 is 11.4 Å². The van der Waals surface area contributed by atoms with Crippen LogP contribution in [0, 0.1) is 0 Å². The number of nitrogens with zero attached hydrogens (tertiary/aromatic N) is 1. The maximum atomic E-state index is 12.1. The average Bonchev–Trinajstić information content (AvgIpc) is 2.59. The summed E-state index contributed by atoms with van der Waals surface area (Å²) in [5.74, 6) is -0.930. The van der Waals surface area contributed by atoms with E-state index in [4.69, 9.17) is 9.47 Å². The Kier molecular flexibility index (Phi) is 6.12. The van der Waals surface area contributed by atoms with Gasteiger partial charge in [0.25, 0.3) is 0 Å². The molecule has 0 aliphatic carbocycles. The van der Waals surface area contributed by atoms with Gasteiger partial charge in [-0.1, -0.05) is 30.3 Å². The lowest BCUT2D eigenvalue weighted by Gasteiger charge is -2.39. The summed E-state index contributed by atoms with van der Waals surface area (Å²) in [5.41, 5.74) is -0.106. The number of ether oxygens (including phenoxy) is 2. The van der Waals surface area contributed by atoms with Crippen molar-refractivity contribution >= 4 is 11.9 Å². The molecular formula is C17H23NO5. The minimum Gasteiger partial charge on any atom is -0.481 e. The van der Waals surface area contributed by atoms with Crippen LogP contribution < -0.4 is 0 Å². The maximum absolute atomic E-state index is 12.1. The van der Waals surface area contributed by atoms with Gasteiger partial charge < -0.3 is 19.5 Å². The number of aliphatic carboxylic acids is 1. The molecule has 1 aromatic rings. The van der Waals surface area contributed by atoms with E-state index in [-0.39, 0.29) is 12.5 Å². The van der Waals surface area contributed by atoms with E-state index in [1.54, 1.807) is 12.0 Å². The Morgan fingerprint density at radius 1 is 1.17 bits per heavy atom. The van der Waals surface area contributed by atoms with E-state index in [1.165, 1.54) is 0 Å². The van der Waals surface area contributed by atoms with Gasteiger partial charge in [-0.3, -0.25) is 9.59 Å². The molecule has 1 N–H and O–H groups in total. The first-order valence-corrected chi connectivity index (χ1v) is 7.73. The van der Waals surface area contributed by atoms with Gasteiger partial charge >= 0.3 is 5.97 Å². The van der Waals surface area contributed by atoms with E-state index in [1.807, 2.05) is 30.3 Å². The second-order valence-corrected chi connectivity index (χ2v) is 5.68. The highest BCUT2D eigenvalue weighted by Crippen LogP contribution is 2.35. The van der Waals surface area contributed by atoms with Crippen LogP contribution in [-0.4, -0.2) is 61.9 Å². The predicted octanol–water partition coefficient (Wildman–Crippen LogP) is 1.29. The van der Waals surface area contributed by atoms with Crippen LogP contribution in [0.25, 0.3) is 0 Å². The van der Waals surface area contributed by atoms with Gasteiger partial charge in [0.2, 0.25) is 5.91 Å². The van der Waals surface area contributed by atoms with Gasteiger partial charge in [0, 0.05) is 20.2 Å². The highest BCUT2D eigenvalue weighted by atomic mass is 16.5. The Balaban J connectivity index is 1.95. The molecular weight excluding hydrogens is 298 g/mol. The number of amides is 1. The van der Waals surface area contributed by atoms with E-state index >= 15 is 0 Å². The molecule has 23 heavy (non-hydrogen) atoms. The summed E-state index contributed by atoms with van der Waals surface area (Å²) in [5, 5.41) is 9.73. The summed E-state index contributed by atoms with van der Waals surface area (Å²) in [6.45, 7) is 1.68. The fourth-order valence-corrected chi connectivity index (χ4v) is 2.91. The van der Waals surface area contributed by atoms with Gasteiger partial charge in [-0.25, -0.2) is 0 Å². The van der Waals surface area contributed by atoms with Crippen LogP contribution in [-0.2, 0) is 24.5 Å². The molecule has 0 unspecified atom stereocenters. The fourth-order valence-electron chi connectivity index (χ4n) is 2.91. The normalized spacial score (nSPS) is 17.0. The second-order valence-electron chi connectivity index (χ2n) is 5.68. The van der Waals surface area contributed by atoms with Crippen molar-refractivity contribution in [3.05, 3.63) is 35.9 Å². The quantitative estimate of drug-likeness (QED) is 0.766. The number of carbonyl (C=O) groups is 2. The molecule has 1 aliphatic heterocycles. The van der Waals surface area contributed by atoms with E-state index in [9.17, 15) is 14.7 Å². The average molecular weight is 321 g/mol. The third-order valence-electron chi connectivity index (χ3n) is 4.36. The van der Waals surface area contributed by atoms with Crippen molar-refractivity contribution in [1.82, 2.24) is 4.90 Å². The first-order chi connectivity index (χ1) is 11.1. The molecule has 1 heterocycles. The largest absolute Gasteiger partial charge is 0.481 e. The number of carboxylic acids is 1. The molecule has 1 amide bonds. The molecule has 0 saturated carbocycles. The molecule has 0 spiro atoms. The number of piperidine rings is 1. The van der Waals surface area contributed by atoms with Crippen molar-refractivity contribution in [3.63, 3.8) is 0 Å². The molecule has 1 aromatic carbocycles. The van der Waals surface area contributed by atoms with Gasteiger partial charge in [-0.15, -0.1) is 0 Å². The molecule has 0 bridgehead atoms. The zero-order chi connectivity index (χ0) is 16.7. The number of methoxy groups -OCH3 is 1. The number of hydrogen-bond acceptors (Lipinski definition) is 4. The Morgan fingerprint density at radius 3 is 2.39 bits per heavy atom. The van der Waals surface area contributed by atoms with Gasteiger partial charge in [-0.2, -0.15) is 0 Å². The molecule has 1 aliphatic rings. The first-order valence-electron chi connectivity index (χ1n) is 7.73. The maximum Gasteiger partial charge on any atom is 0.314 e. The van der Waals surface area contributed by atoms with Crippen LogP contribution in [0.15, 0.2) is 30.3 Å². The summed E-state index contributed by atoms with van der Waals surface area (Å²) in [7, 11) is 1.57. The zero-order valence-electron chi connectivity index (χ0n) is 13.4. The van der Waals surface area contributed by atoms with Crippen LogP contribution >= 0.6 is 0 Å². The van der Waals surface area contributed by atoms with Crippen molar-refractivity contribution in [2.45, 2.75) is 18.3 Å². The fraction of sp³-hybridized carbons (Fsp3) is 0.529. The van der Waals surface area contributed by atoms with E-state index in [0.29, 0.717) is 39.1 Å². The third kappa shape index (κ3) is 4.09. The molecule has 1 fully saturated rings. The third-order valence-corrected chi connectivity index (χ3v) is 4.36. The molecule has 0 atom stereocenters. The van der Waals surface area contributed by atoms with Crippen molar-refractivity contribution in [1.29, 1.82) is 0 Å². The number of benzene rings is 1. The number of likely N-dealkylation sites (tertiary alicyclic amines) is 1. The van der Waals surface area contributed by atoms with Gasteiger partial charge in [0.1, 0.15) is 6.61 Å². The number of rotatable bonds is 7. The van der Waals surface area contributed by atoms with Gasteiger partial charge in [0.15, 0.2) is 0 Å². The van der Waals surface area contributed by atoms with Crippen molar-refractivity contribution < 1.29 is 24.2 Å². The van der Waals surface area contributed by atoms with E-state index in [2.05, 4.69) is 0 Å². The monoisotopic (exact) mass is 321 g/mol. The lowest BCUT2D eigenvalue weighted by molar-refractivity contribution is -0.149. The molecule has 1 saturated heterocycles. The topological polar surface area (TPSA) is 76.1 Å². The molecule has 126 valence electrons. The lowest BCUT2D eigenvalue weighted by atomic mass is 9.73. The van der Waals surface area contributed by atoms with Crippen LogP contribution in [0.4, 0.5) is 0 Å². The minimum atomic E-state index is -0.908. The summed E-state index contributed by atoms with van der Waals surface area (Å²) in [6.07, 6.45) is 0.826. The summed E-state index contributed by atoms with van der Waals surface area (Å²) in [6, 6.07) is 9.26. The molecule has 0 aromatic heterocycles. The molecule has 6 heteroatoms. The Bertz CT molecular complexity index is 523. The zero-order valence-corrected chi connectivity index (χ0v) is 13.4. The standard InChI is InChI=1S/C17H23NO5/c1-22-11-12-23-13-15(19)18-9-7-17(8-10-18,16(20)21)14-5-3-2-4-6-14/h2-6H,7-13H2,1H3,(H,20,21). The summed E-state index contributed by atoms with van der Waals surface area (Å²) >= 11 is 0. The summed E-state index contributed by atoms with van der Waals surface area (Å²) < 4.78 is 10.1. The highest BCUT2D eigenvalue weighted by molar-refractivity contribution is 5.83. The number of hydrogen-bond donors (Lipinski definition) is 1. The van der Waals surface area contributed by atoms with Crippen molar-refractivity contribution in [2.75, 3.05) is 40.0 Å². The van der Waals surface area contributed by atoms with Gasteiger partial charge in [0.05, 0.1) is 18.6 Å². The first kappa shape index (κ1) is 17.4. The molecule has 2 rings (SSSR count). The lowest BCUT2D eigenvalue weighted by Crippen LogP contribution is -2.49. The minimum absolute atomic E-state index is 0.00870.